The third-order valence-electron chi connectivity index (χ3n) is 3.35. The molecule has 3 heteroatoms. The van der Waals surface area contributed by atoms with Crippen molar-refractivity contribution in [2.75, 3.05) is 6.54 Å². The lowest BCUT2D eigenvalue weighted by molar-refractivity contribution is 0.557. The summed E-state index contributed by atoms with van der Waals surface area (Å²) in [4.78, 5) is 4.38. The first-order valence-electron chi connectivity index (χ1n) is 4.75. The first-order valence-corrected chi connectivity index (χ1v) is 4.75. The minimum atomic E-state index is 0.350. The number of aromatic nitrogens is 2. The number of aryl methyl sites for hydroxylation is 1. The molecule has 0 radical (unpaired) electrons. The highest BCUT2D eigenvalue weighted by molar-refractivity contribution is 5.24. The predicted molar refractivity (Wildman–Crippen MR) is 52.3 cm³/mol. The number of hydrogen-bond acceptors (Lipinski definition) is 2. The monoisotopic (exact) mass is 179 g/mol. The van der Waals surface area contributed by atoms with E-state index in [0.29, 0.717) is 17.3 Å². The largest absolute Gasteiger partial charge is 0.340 e. The second kappa shape index (κ2) is 2.58. The van der Waals surface area contributed by atoms with Crippen LogP contribution in [-0.2, 0) is 7.05 Å². The maximum atomic E-state index is 5.71. The van der Waals surface area contributed by atoms with Gasteiger partial charge in [-0.2, -0.15) is 0 Å². The van der Waals surface area contributed by atoms with Gasteiger partial charge in [-0.15, -0.1) is 0 Å². The summed E-state index contributed by atoms with van der Waals surface area (Å²) in [5.74, 6) is 1.18. The molecular formula is C10H17N3. The fraction of sp³-hybridized carbons (Fsp3) is 0.700. The summed E-state index contributed by atoms with van der Waals surface area (Å²) in [6.07, 6.45) is 3.96. The average Bonchev–Trinajstić information content (AvgIpc) is 2.41. The smallest absolute Gasteiger partial charge is 0.0946 e. The minimum absolute atomic E-state index is 0.350. The maximum absolute atomic E-state index is 5.71. The van der Waals surface area contributed by atoms with Crippen molar-refractivity contribution in [3.63, 3.8) is 0 Å². The van der Waals surface area contributed by atoms with Gasteiger partial charge in [0.25, 0.3) is 0 Å². The number of imidazole rings is 1. The van der Waals surface area contributed by atoms with Gasteiger partial charge in [-0.1, -0.05) is 13.8 Å². The molecule has 3 nitrogen and oxygen atoms in total. The van der Waals surface area contributed by atoms with E-state index in [2.05, 4.69) is 25.0 Å². The molecule has 1 aliphatic rings. The fourth-order valence-corrected chi connectivity index (χ4v) is 2.36. The Morgan fingerprint density at radius 1 is 1.62 bits per heavy atom. The molecule has 2 rings (SSSR count). The zero-order valence-electron chi connectivity index (χ0n) is 8.49. The van der Waals surface area contributed by atoms with Gasteiger partial charge in [-0.3, -0.25) is 0 Å². The van der Waals surface area contributed by atoms with E-state index >= 15 is 0 Å². The predicted octanol–water partition coefficient (Wildman–Crippen LogP) is 1.12. The van der Waals surface area contributed by atoms with Crippen LogP contribution in [0.15, 0.2) is 12.5 Å². The van der Waals surface area contributed by atoms with Crippen molar-refractivity contribution in [3.05, 3.63) is 18.2 Å². The van der Waals surface area contributed by atoms with Crippen LogP contribution in [-0.4, -0.2) is 16.1 Å². The molecule has 0 bridgehead atoms. The van der Waals surface area contributed by atoms with Crippen LogP contribution in [0.1, 0.15) is 25.5 Å². The highest BCUT2D eigenvalue weighted by Crippen LogP contribution is 2.63. The Bertz CT molecular complexity index is 314. The molecule has 1 saturated carbocycles. The summed E-state index contributed by atoms with van der Waals surface area (Å²) in [6, 6.07) is 0. The molecule has 1 fully saturated rings. The second-order valence-electron chi connectivity index (χ2n) is 4.61. The molecule has 0 amide bonds. The Balaban J connectivity index is 2.21. The summed E-state index contributed by atoms with van der Waals surface area (Å²) < 4.78 is 2.00. The van der Waals surface area contributed by atoms with E-state index in [1.807, 2.05) is 17.9 Å². The Morgan fingerprint density at radius 2 is 2.31 bits per heavy atom. The third kappa shape index (κ3) is 1.18. The zero-order valence-corrected chi connectivity index (χ0v) is 8.49. The molecule has 2 atom stereocenters. The van der Waals surface area contributed by atoms with E-state index in [4.69, 9.17) is 5.73 Å². The lowest BCUT2D eigenvalue weighted by atomic mass is 10.1. The van der Waals surface area contributed by atoms with Crippen LogP contribution in [0.4, 0.5) is 0 Å². The summed E-state index contributed by atoms with van der Waals surface area (Å²) in [5, 5.41) is 0. The van der Waals surface area contributed by atoms with Crippen LogP contribution in [0.25, 0.3) is 0 Å². The van der Waals surface area contributed by atoms with Crippen molar-refractivity contribution in [3.8, 4) is 0 Å². The summed E-state index contributed by atoms with van der Waals surface area (Å²) in [6.45, 7) is 5.31. The average molecular weight is 179 g/mol. The maximum Gasteiger partial charge on any atom is 0.0946 e. The van der Waals surface area contributed by atoms with Crippen molar-refractivity contribution in [2.24, 2.45) is 24.1 Å². The van der Waals surface area contributed by atoms with Crippen molar-refractivity contribution in [1.29, 1.82) is 0 Å². The summed E-state index contributed by atoms with van der Waals surface area (Å²) in [7, 11) is 2.00. The van der Waals surface area contributed by atoms with Crippen LogP contribution in [0.2, 0.25) is 0 Å². The van der Waals surface area contributed by atoms with Crippen molar-refractivity contribution >= 4 is 0 Å². The van der Waals surface area contributed by atoms with Gasteiger partial charge in [0, 0.05) is 19.2 Å². The number of rotatable bonds is 2. The molecule has 1 aliphatic carbocycles. The van der Waals surface area contributed by atoms with E-state index in [1.165, 1.54) is 5.69 Å². The Hall–Kier alpha value is -0.830. The van der Waals surface area contributed by atoms with Gasteiger partial charge in [0.15, 0.2) is 0 Å². The van der Waals surface area contributed by atoms with E-state index in [9.17, 15) is 0 Å². The SMILES string of the molecule is Cn1cnc(C2C(CN)C2(C)C)c1. The van der Waals surface area contributed by atoms with Gasteiger partial charge in [-0.25, -0.2) is 4.98 Å². The van der Waals surface area contributed by atoms with E-state index < -0.39 is 0 Å². The minimum Gasteiger partial charge on any atom is -0.340 e. The Kier molecular flexibility index (Phi) is 1.74. The molecule has 1 aromatic rings. The normalized spacial score (nSPS) is 30.5. The van der Waals surface area contributed by atoms with Crippen molar-refractivity contribution in [2.45, 2.75) is 19.8 Å². The second-order valence-corrected chi connectivity index (χ2v) is 4.61. The topological polar surface area (TPSA) is 43.8 Å². The van der Waals surface area contributed by atoms with Gasteiger partial charge in [-0.05, 0) is 17.9 Å². The molecule has 0 saturated heterocycles. The van der Waals surface area contributed by atoms with E-state index in [1.54, 1.807) is 0 Å². The first-order chi connectivity index (χ1) is 6.07. The van der Waals surface area contributed by atoms with Gasteiger partial charge < -0.3 is 10.3 Å². The molecule has 1 heterocycles. The van der Waals surface area contributed by atoms with Crippen LogP contribution >= 0.6 is 0 Å². The van der Waals surface area contributed by atoms with Crippen molar-refractivity contribution in [1.82, 2.24) is 9.55 Å². The van der Waals surface area contributed by atoms with E-state index in [-0.39, 0.29) is 0 Å². The molecule has 0 aromatic carbocycles. The number of nitrogens with two attached hydrogens (primary N) is 1. The fourth-order valence-electron chi connectivity index (χ4n) is 2.36. The van der Waals surface area contributed by atoms with Gasteiger partial charge in [0.1, 0.15) is 0 Å². The van der Waals surface area contributed by atoms with Crippen LogP contribution in [0, 0.1) is 11.3 Å². The molecule has 0 aliphatic heterocycles. The lowest BCUT2D eigenvalue weighted by Crippen LogP contribution is -2.05. The van der Waals surface area contributed by atoms with Crippen molar-refractivity contribution < 1.29 is 0 Å². The summed E-state index contributed by atoms with van der Waals surface area (Å²) in [5.41, 5.74) is 7.26. The molecule has 13 heavy (non-hydrogen) atoms. The molecular weight excluding hydrogens is 162 g/mol. The van der Waals surface area contributed by atoms with Crippen LogP contribution < -0.4 is 5.73 Å². The highest BCUT2D eigenvalue weighted by Gasteiger charge is 2.58. The Labute approximate surface area is 79.0 Å². The number of hydrogen-bond donors (Lipinski definition) is 1. The van der Waals surface area contributed by atoms with Gasteiger partial charge in [0.05, 0.1) is 12.0 Å². The van der Waals surface area contributed by atoms with Crippen LogP contribution in [0.5, 0.6) is 0 Å². The molecule has 1 aromatic heterocycles. The zero-order chi connectivity index (χ0) is 9.64. The molecule has 2 unspecified atom stereocenters. The Morgan fingerprint density at radius 3 is 2.69 bits per heavy atom. The molecule has 0 spiro atoms. The standard InChI is InChI=1S/C10H17N3/c1-10(2)7(4-11)9(10)8-5-13(3)6-12-8/h5-7,9H,4,11H2,1-3H3. The first kappa shape index (κ1) is 8.75. The molecule has 72 valence electrons. The third-order valence-corrected chi connectivity index (χ3v) is 3.35. The molecule has 2 N–H and O–H groups in total. The number of nitrogens with zero attached hydrogens (tertiary/aromatic N) is 2. The van der Waals surface area contributed by atoms with Gasteiger partial charge >= 0.3 is 0 Å². The highest BCUT2D eigenvalue weighted by atomic mass is 15.0. The van der Waals surface area contributed by atoms with Crippen LogP contribution in [0.3, 0.4) is 0 Å². The van der Waals surface area contributed by atoms with Gasteiger partial charge in [0.2, 0.25) is 0 Å². The quantitative estimate of drug-likeness (QED) is 0.739. The lowest BCUT2D eigenvalue weighted by Gasteiger charge is -1.98. The summed E-state index contributed by atoms with van der Waals surface area (Å²) >= 11 is 0. The van der Waals surface area contributed by atoms with E-state index in [0.717, 1.165) is 6.54 Å².